The van der Waals surface area contributed by atoms with E-state index in [0.29, 0.717) is 23.0 Å². The maximum atomic E-state index is 6.43. The highest BCUT2D eigenvalue weighted by Crippen LogP contribution is 2.66. The number of hydrogen-bond donors (Lipinski definition) is 1. The molecule has 0 amide bonds. The minimum Gasteiger partial charge on any atom is -0.373 e. The first-order valence-electron chi connectivity index (χ1n) is 8.63. The van der Waals surface area contributed by atoms with Crippen LogP contribution in [-0.2, 0) is 4.74 Å². The van der Waals surface area contributed by atoms with Crippen LogP contribution in [0.4, 0.5) is 0 Å². The molecule has 0 saturated heterocycles. The fraction of sp³-hybridized carbons (Fsp3) is 1.00. The average Bonchev–Trinajstić information content (AvgIpc) is 2.67. The van der Waals surface area contributed by atoms with E-state index in [1.807, 2.05) is 0 Å². The van der Waals surface area contributed by atoms with Gasteiger partial charge in [-0.1, -0.05) is 34.6 Å². The molecule has 2 aliphatic carbocycles. The van der Waals surface area contributed by atoms with Crippen molar-refractivity contribution in [1.29, 1.82) is 0 Å². The highest BCUT2D eigenvalue weighted by molar-refractivity contribution is 5.11. The molecule has 1 N–H and O–H groups in total. The molecule has 2 fully saturated rings. The van der Waals surface area contributed by atoms with E-state index >= 15 is 0 Å². The second-order valence-electron chi connectivity index (χ2n) is 8.43. The monoisotopic (exact) mass is 281 g/mol. The molecule has 0 heterocycles. The number of hydrogen-bond acceptors (Lipinski definition) is 2. The van der Waals surface area contributed by atoms with Gasteiger partial charge < -0.3 is 10.1 Å². The van der Waals surface area contributed by atoms with E-state index in [4.69, 9.17) is 4.74 Å². The maximum Gasteiger partial charge on any atom is 0.0675 e. The average molecular weight is 281 g/mol. The van der Waals surface area contributed by atoms with Crippen molar-refractivity contribution in [3.63, 3.8) is 0 Å². The molecule has 2 bridgehead atoms. The number of rotatable bonds is 7. The van der Waals surface area contributed by atoms with Gasteiger partial charge in [0.15, 0.2) is 0 Å². The van der Waals surface area contributed by atoms with Crippen LogP contribution in [0.3, 0.4) is 0 Å². The van der Waals surface area contributed by atoms with Crippen LogP contribution in [0.2, 0.25) is 0 Å². The van der Waals surface area contributed by atoms with Crippen LogP contribution in [-0.4, -0.2) is 25.3 Å². The molecule has 20 heavy (non-hydrogen) atoms. The normalized spacial score (nSPS) is 36.8. The van der Waals surface area contributed by atoms with Gasteiger partial charge in [0.2, 0.25) is 0 Å². The molecule has 0 aliphatic heterocycles. The molecule has 2 rings (SSSR count). The second-order valence-corrected chi connectivity index (χ2v) is 8.43. The van der Waals surface area contributed by atoms with Crippen LogP contribution < -0.4 is 5.32 Å². The quantitative estimate of drug-likeness (QED) is 0.705. The van der Waals surface area contributed by atoms with Gasteiger partial charge in [-0.25, -0.2) is 0 Å². The highest BCUT2D eigenvalue weighted by Gasteiger charge is 2.62. The van der Waals surface area contributed by atoms with Crippen molar-refractivity contribution >= 4 is 0 Å². The van der Waals surface area contributed by atoms with E-state index in [1.165, 1.54) is 25.7 Å². The minimum absolute atomic E-state index is 0.333. The molecule has 0 aromatic carbocycles. The number of fused-ring (bicyclic) bond motifs is 2. The molecule has 2 heteroatoms. The summed E-state index contributed by atoms with van der Waals surface area (Å²) in [5.41, 5.74) is 0.853. The van der Waals surface area contributed by atoms with Crippen LogP contribution in [0.25, 0.3) is 0 Å². The molecular formula is C18H35NO. The van der Waals surface area contributed by atoms with E-state index in [-0.39, 0.29) is 0 Å². The Morgan fingerprint density at radius 3 is 2.40 bits per heavy atom. The van der Waals surface area contributed by atoms with Crippen molar-refractivity contribution in [3.8, 4) is 0 Å². The number of ether oxygens (including phenoxy) is 1. The summed E-state index contributed by atoms with van der Waals surface area (Å²) < 4.78 is 6.43. The minimum atomic E-state index is 0.333. The summed E-state index contributed by atoms with van der Waals surface area (Å²) in [6.45, 7) is 16.3. The smallest absolute Gasteiger partial charge is 0.0675 e. The fourth-order valence-corrected chi connectivity index (χ4v) is 4.36. The summed E-state index contributed by atoms with van der Waals surface area (Å²) >= 11 is 0. The molecule has 0 aromatic rings. The van der Waals surface area contributed by atoms with Crippen molar-refractivity contribution in [3.05, 3.63) is 0 Å². The first-order valence-corrected chi connectivity index (χ1v) is 8.63. The third-order valence-corrected chi connectivity index (χ3v) is 6.44. The Bertz CT molecular complexity index is 325. The molecular weight excluding hydrogens is 246 g/mol. The summed E-state index contributed by atoms with van der Waals surface area (Å²) in [7, 11) is 0. The lowest BCUT2D eigenvalue weighted by atomic mass is 9.70. The summed E-state index contributed by atoms with van der Waals surface area (Å²) in [5, 5.41) is 3.54. The highest BCUT2D eigenvalue weighted by atomic mass is 16.5. The number of nitrogens with one attached hydrogen (secondary N) is 1. The van der Waals surface area contributed by atoms with E-state index in [2.05, 4.69) is 46.9 Å². The van der Waals surface area contributed by atoms with Crippen LogP contribution in [0.15, 0.2) is 0 Å². The Balaban J connectivity index is 1.77. The van der Waals surface area contributed by atoms with Gasteiger partial charge in [-0.05, 0) is 61.8 Å². The lowest BCUT2D eigenvalue weighted by Gasteiger charge is -2.40. The van der Waals surface area contributed by atoms with Gasteiger partial charge in [0.1, 0.15) is 0 Å². The van der Waals surface area contributed by atoms with Crippen LogP contribution in [0.1, 0.15) is 67.2 Å². The molecule has 0 aromatic heterocycles. The first kappa shape index (κ1) is 16.3. The van der Waals surface area contributed by atoms with Gasteiger partial charge >= 0.3 is 0 Å². The Labute approximate surface area is 126 Å². The fourth-order valence-electron chi connectivity index (χ4n) is 4.36. The Kier molecular flexibility index (Phi) is 4.86. The van der Waals surface area contributed by atoms with Crippen molar-refractivity contribution in [2.75, 3.05) is 13.1 Å². The molecule has 0 radical (unpaired) electrons. The third kappa shape index (κ3) is 2.92. The third-order valence-electron chi connectivity index (χ3n) is 6.44. The summed E-state index contributed by atoms with van der Waals surface area (Å²) in [4.78, 5) is 0. The van der Waals surface area contributed by atoms with Crippen LogP contribution >= 0.6 is 0 Å². The maximum absolute atomic E-state index is 6.43. The summed E-state index contributed by atoms with van der Waals surface area (Å²) in [6.07, 6.45) is 6.09. The standard InChI is InChI=1S/C18H35NO/c1-13(2)8-10-19-12-14(3)20-16-11-15-7-9-18(16,6)17(15,4)5/h13-16,19H,7-12H2,1-6H3. The molecule has 4 unspecified atom stereocenters. The van der Waals surface area contributed by atoms with E-state index in [1.54, 1.807) is 0 Å². The van der Waals surface area contributed by atoms with Gasteiger partial charge in [-0.15, -0.1) is 0 Å². The summed E-state index contributed by atoms with van der Waals surface area (Å²) in [5.74, 6) is 1.66. The van der Waals surface area contributed by atoms with E-state index in [9.17, 15) is 0 Å². The summed E-state index contributed by atoms with van der Waals surface area (Å²) in [6, 6.07) is 0. The Morgan fingerprint density at radius 1 is 1.20 bits per heavy atom. The van der Waals surface area contributed by atoms with Gasteiger partial charge in [0, 0.05) is 6.54 Å². The van der Waals surface area contributed by atoms with E-state index in [0.717, 1.165) is 24.9 Å². The Hall–Kier alpha value is -0.0800. The van der Waals surface area contributed by atoms with Crippen molar-refractivity contribution in [1.82, 2.24) is 5.32 Å². The predicted octanol–water partition coefficient (Wildman–Crippen LogP) is 4.24. The van der Waals surface area contributed by atoms with Gasteiger partial charge in [-0.3, -0.25) is 0 Å². The molecule has 0 spiro atoms. The Morgan fingerprint density at radius 2 is 1.90 bits per heavy atom. The predicted molar refractivity (Wildman–Crippen MR) is 85.9 cm³/mol. The largest absolute Gasteiger partial charge is 0.373 e. The van der Waals surface area contributed by atoms with E-state index < -0.39 is 0 Å². The van der Waals surface area contributed by atoms with Crippen molar-refractivity contribution < 1.29 is 4.74 Å². The lowest BCUT2D eigenvalue weighted by Crippen LogP contribution is -2.40. The zero-order valence-corrected chi connectivity index (χ0v) is 14.5. The SMILES string of the molecule is CC(C)CCNCC(C)OC1CC2CCC1(C)C2(C)C. The molecule has 4 atom stereocenters. The van der Waals surface area contributed by atoms with Crippen LogP contribution in [0.5, 0.6) is 0 Å². The molecule has 118 valence electrons. The zero-order valence-electron chi connectivity index (χ0n) is 14.5. The zero-order chi connectivity index (χ0) is 15.0. The van der Waals surface area contributed by atoms with Gasteiger partial charge in [0.05, 0.1) is 12.2 Å². The second kappa shape index (κ2) is 5.96. The van der Waals surface area contributed by atoms with Crippen LogP contribution in [0, 0.1) is 22.7 Å². The lowest BCUT2D eigenvalue weighted by molar-refractivity contribution is -0.0790. The van der Waals surface area contributed by atoms with Gasteiger partial charge in [-0.2, -0.15) is 0 Å². The molecule has 2 aliphatic rings. The van der Waals surface area contributed by atoms with Crippen molar-refractivity contribution in [2.24, 2.45) is 22.7 Å². The van der Waals surface area contributed by atoms with Gasteiger partial charge in [0.25, 0.3) is 0 Å². The molecule has 2 nitrogen and oxygen atoms in total. The van der Waals surface area contributed by atoms with Crippen molar-refractivity contribution in [2.45, 2.75) is 79.4 Å². The molecule has 2 saturated carbocycles. The first-order chi connectivity index (χ1) is 9.27. The topological polar surface area (TPSA) is 21.3 Å².